The van der Waals surface area contributed by atoms with E-state index in [1.807, 2.05) is 0 Å². The lowest BCUT2D eigenvalue weighted by Crippen LogP contribution is -2.40. The van der Waals surface area contributed by atoms with Gasteiger partial charge in [0.2, 0.25) is 0 Å². The Morgan fingerprint density at radius 2 is 1.79 bits per heavy atom. The summed E-state index contributed by atoms with van der Waals surface area (Å²) in [6, 6.07) is 0. The monoisotopic (exact) mass is 264 g/mol. The molecule has 84 valence electrons. The van der Waals surface area contributed by atoms with E-state index in [4.69, 9.17) is 9.47 Å². The van der Waals surface area contributed by atoms with E-state index in [-0.39, 0.29) is 5.60 Å². The summed E-state index contributed by atoms with van der Waals surface area (Å²) in [7, 11) is 0. The minimum absolute atomic E-state index is 0.0680. The Bertz CT molecular complexity index is 172. The number of halogens is 1. The van der Waals surface area contributed by atoms with Gasteiger partial charge >= 0.3 is 0 Å². The summed E-state index contributed by atoms with van der Waals surface area (Å²) in [5.74, 6) is 0. The third-order valence-electron chi connectivity index (χ3n) is 2.46. The molecule has 1 saturated heterocycles. The van der Waals surface area contributed by atoms with E-state index >= 15 is 0 Å². The molecule has 2 nitrogen and oxygen atoms in total. The lowest BCUT2D eigenvalue weighted by Gasteiger charge is -2.36. The Kier molecular flexibility index (Phi) is 4.41. The molecule has 0 aliphatic carbocycles. The number of ether oxygens (including phenoxy) is 2. The van der Waals surface area contributed by atoms with Gasteiger partial charge in [0.05, 0.1) is 23.9 Å². The van der Waals surface area contributed by atoms with Crippen molar-refractivity contribution in [2.75, 3.05) is 5.33 Å². The van der Waals surface area contributed by atoms with Crippen LogP contribution >= 0.6 is 15.9 Å². The van der Waals surface area contributed by atoms with E-state index in [1.165, 1.54) is 0 Å². The van der Waals surface area contributed by atoms with E-state index in [0.717, 1.165) is 18.2 Å². The quantitative estimate of drug-likeness (QED) is 0.730. The van der Waals surface area contributed by atoms with E-state index in [0.29, 0.717) is 18.3 Å². The summed E-state index contributed by atoms with van der Waals surface area (Å²) in [5.41, 5.74) is -0.0680. The normalized spacial score (nSPS) is 34.5. The number of hydrogen-bond donors (Lipinski definition) is 0. The highest BCUT2D eigenvalue weighted by atomic mass is 79.9. The van der Waals surface area contributed by atoms with Crippen LogP contribution in [0.1, 0.15) is 40.5 Å². The van der Waals surface area contributed by atoms with Gasteiger partial charge in [-0.2, -0.15) is 0 Å². The first kappa shape index (κ1) is 12.5. The van der Waals surface area contributed by atoms with Crippen LogP contribution in [-0.2, 0) is 9.47 Å². The molecule has 0 saturated carbocycles. The molecule has 0 aromatic rings. The van der Waals surface area contributed by atoms with E-state index in [1.54, 1.807) is 0 Å². The van der Waals surface area contributed by atoms with Crippen molar-refractivity contribution in [1.29, 1.82) is 0 Å². The van der Waals surface area contributed by atoms with Crippen LogP contribution in [0.2, 0.25) is 0 Å². The molecule has 14 heavy (non-hydrogen) atoms. The molecule has 1 fully saturated rings. The number of rotatable bonds is 3. The SMILES string of the molecule is CC1CC(OC(C)(C)CBr)CC(C)O1. The minimum atomic E-state index is -0.0680. The molecule has 2 unspecified atom stereocenters. The van der Waals surface area contributed by atoms with Crippen LogP contribution in [0.15, 0.2) is 0 Å². The fraction of sp³-hybridized carbons (Fsp3) is 1.00. The molecule has 0 amide bonds. The van der Waals surface area contributed by atoms with Gasteiger partial charge in [-0.05, 0) is 40.5 Å². The highest BCUT2D eigenvalue weighted by Gasteiger charge is 2.29. The van der Waals surface area contributed by atoms with Crippen LogP contribution in [-0.4, -0.2) is 29.2 Å². The molecule has 3 heteroatoms. The Hall–Kier alpha value is 0.400. The Morgan fingerprint density at radius 1 is 1.29 bits per heavy atom. The topological polar surface area (TPSA) is 18.5 Å². The predicted molar refractivity (Wildman–Crippen MR) is 62.0 cm³/mol. The van der Waals surface area contributed by atoms with Crippen molar-refractivity contribution in [1.82, 2.24) is 0 Å². The lowest BCUT2D eigenvalue weighted by molar-refractivity contribution is -0.139. The van der Waals surface area contributed by atoms with Crippen molar-refractivity contribution in [3.05, 3.63) is 0 Å². The third-order valence-corrected chi connectivity index (χ3v) is 3.81. The van der Waals surface area contributed by atoms with Crippen LogP contribution in [0.25, 0.3) is 0 Å². The van der Waals surface area contributed by atoms with E-state index < -0.39 is 0 Å². The molecule has 0 spiro atoms. The molecule has 0 bridgehead atoms. The lowest BCUT2D eigenvalue weighted by atomic mass is 10.0. The largest absolute Gasteiger partial charge is 0.375 e. The zero-order chi connectivity index (χ0) is 10.8. The third kappa shape index (κ3) is 3.87. The molecule has 0 radical (unpaired) electrons. The summed E-state index contributed by atoms with van der Waals surface area (Å²) in [5, 5.41) is 0.875. The Morgan fingerprint density at radius 3 is 2.21 bits per heavy atom. The predicted octanol–water partition coefficient (Wildman–Crippen LogP) is 3.13. The van der Waals surface area contributed by atoms with Gasteiger partial charge in [0.1, 0.15) is 0 Å². The number of alkyl halides is 1. The molecule has 0 N–H and O–H groups in total. The van der Waals surface area contributed by atoms with E-state index in [9.17, 15) is 0 Å². The minimum Gasteiger partial charge on any atom is -0.375 e. The van der Waals surface area contributed by atoms with Crippen molar-refractivity contribution < 1.29 is 9.47 Å². The van der Waals surface area contributed by atoms with Crippen LogP contribution in [0.4, 0.5) is 0 Å². The summed E-state index contributed by atoms with van der Waals surface area (Å²) in [4.78, 5) is 0. The highest BCUT2D eigenvalue weighted by molar-refractivity contribution is 9.09. The molecule has 0 aromatic heterocycles. The first-order valence-electron chi connectivity index (χ1n) is 5.32. The van der Waals surface area contributed by atoms with Crippen LogP contribution < -0.4 is 0 Å². The maximum atomic E-state index is 6.04. The second-order valence-electron chi connectivity index (χ2n) is 4.86. The van der Waals surface area contributed by atoms with Crippen molar-refractivity contribution in [2.45, 2.75) is 64.4 Å². The van der Waals surface area contributed by atoms with Crippen LogP contribution in [0, 0.1) is 0 Å². The summed E-state index contributed by atoms with van der Waals surface area (Å²) >= 11 is 3.47. The summed E-state index contributed by atoms with van der Waals surface area (Å²) in [6.07, 6.45) is 3.03. The zero-order valence-electron chi connectivity index (χ0n) is 9.55. The molecule has 0 aromatic carbocycles. The first-order valence-corrected chi connectivity index (χ1v) is 6.44. The van der Waals surface area contributed by atoms with Crippen LogP contribution in [0.3, 0.4) is 0 Å². The zero-order valence-corrected chi connectivity index (χ0v) is 11.1. The highest BCUT2D eigenvalue weighted by Crippen LogP contribution is 2.26. The fourth-order valence-electron chi connectivity index (χ4n) is 1.92. The smallest absolute Gasteiger partial charge is 0.0726 e. The van der Waals surface area contributed by atoms with Crippen molar-refractivity contribution >= 4 is 15.9 Å². The van der Waals surface area contributed by atoms with Gasteiger partial charge in [0, 0.05) is 5.33 Å². The second-order valence-corrected chi connectivity index (χ2v) is 5.42. The van der Waals surface area contributed by atoms with Crippen LogP contribution in [0.5, 0.6) is 0 Å². The maximum absolute atomic E-state index is 6.04. The first-order chi connectivity index (χ1) is 6.43. The maximum Gasteiger partial charge on any atom is 0.0726 e. The number of hydrogen-bond acceptors (Lipinski definition) is 2. The van der Waals surface area contributed by atoms with Gasteiger partial charge in [0.25, 0.3) is 0 Å². The van der Waals surface area contributed by atoms with Crippen molar-refractivity contribution in [2.24, 2.45) is 0 Å². The standard InChI is InChI=1S/C11H21BrO2/c1-8-5-10(6-9(2)13-8)14-11(3,4)7-12/h8-10H,5-7H2,1-4H3. The average molecular weight is 265 g/mol. The van der Waals surface area contributed by atoms with Gasteiger partial charge < -0.3 is 9.47 Å². The molecule has 1 heterocycles. The van der Waals surface area contributed by atoms with Gasteiger partial charge in [-0.1, -0.05) is 15.9 Å². The average Bonchev–Trinajstić information content (AvgIpc) is 2.01. The van der Waals surface area contributed by atoms with Crippen molar-refractivity contribution in [3.63, 3.8) is 0 Å². The Labute approximate surface area is 95.5 Å². The summed E-state index contributed by atoms with van der Waals surface area (Å²) in [6.45, 7) is 8.47. The van der Waals surface area contributed by atoms with Crippen molar-refractivity contribution in [3.8, 4) is 0 Å². The second kappa shape index (κ2) is 4.95. The fourth-order valence-corrected chi connectivity index (χ4v) is 2.06. The van der Waals surface area contributed by atoms with Gasteiger partial charge in [-0.25, -0.2) is 0 Å². The molecule has 1 rings (SSSR count). The molecule has 1 aliphatic heterocycles. The molecular formula is C11H21BrO2. The van der Waals surface area contributed by atoms with Gasteiger partial charge in [-0.15, -0.1) is 0 Å². The molecule has 2 atom stereocenters. The van der Waals surface area contributed by atoms with E-state index in [2.05, 4.69) is 43.6 Å². The van der Waals surface area contributed by atoms with Gasteiger partial charge in [-0.3, -0.25) is 0 Å². The molecular weight excluding hydrogens is 244 g/mol. The van der Waals surface area contributed by atoms with Gasteiger partial charge in [0.15, 0.2) is 0 Å². The molecule has 1 aliphatic rings. The summed E-state index contributed by atoms with van der Waals surface area (Å²) < 4.78 is 11.7. The Balaban J connectivity index is 2.44.